The van der Waals surface area contributed by atoms with Gasteiger partial charge in [-0.25, -0.2) is 4.79 Å². The Morgan fingerprint density at radius 1 is 1.22 bits per heavy atom. The summed E-state index contributed by atoms with van der Waals surface area (Å²) in [5, 5.41) is 9.59. The highest BCUT2D eigenvalue weighted by Gasteiger charge is 2.14. The summed E-state index contributed by atoms with van der Waals surface area (Å²) >= 11 is 0. The Morgan fingerprint density at radius 3 is 2.57 bits per heavy atom. The number of aromatic nitrogens is 2. The predicted octanol–water partition coefficient (Wildman–Crippen LogP) is 3.09. The predicted molar refractivity (Wildman–Crippen MR) is 88.8 cm³/mol. The Kier molecular flexibility index (Phi) is 3.70. The van der Waals surface area contributed by atoms with Crippen LogP contribution in [0, 0.1) is 6.92 Å². The van der Waals surface area contributed by atoms with Gasteiger partial charge in [-0.15, -0.1) is 0 Å². The average Bonchev–Trinajstić information content (AvgIpc) is 2.55. The van der Waals surface area contributed by atoms with Gasteiger partial charge in [0.15, 0.2) is 0 Å². The molecule has 0 bridgehead atoms. The van der Waals surface area contributed by atoms with Crippen LogP contribution in [0.25, 0.3) is 22.0 Å². The maximum atomic E-state index is 12.3. The van der Waals surface area contributed by atoms with E-state index in [4.69, 9.17) is 0 Å². The monoisotopic (exact) mass is 308 g/mol. The molecule has 1 N–H and O–H groups in total. The molecule has 5 heteroatoms. The molecule has 1 aromatic carbocycles. The van der Waals surface area contributed by atoms with E-state index in [9.17, 15) is 14.7 Å². The second-order valence-electron chi connectivity index (χ2n) is 5.38. The number of benzene rings is 1. The van der Waals surface area contributed by atoms with Gasteiger partial charge in [0.25, 0.3) is 0 Å². The summed E-state index contributed by atoms with van der Waals surface area (Å²) in [5.41, 5.74) is 2.89. The number of hydrogen-bond acceptors (Lipinski definition) is 3. The first-order valence-electron chi connectivity index (χ1n) is 7.34. The number of aryl methyl sites for hydroxylation is 2. The lowest BCUT2D eigenvalue weighted by molar-refractivity contribution is 0.0695. The molecule has 3 aromatic rings. The maximum absolute atomic E-state index is 12.3. The lowest BCUT2D eigenvalue weighted by Gasteiger charge is -2.11. The molecule has 0 aliphatic carbocycles. The van der Waals surface area contributed by atoms with Crippen LogP contribution in [0.1, 0.15) is 23.0 Å². The van der Waals surface area contributed by atoms with Crippen LogP contribution < -0.4 is 5.43 Å². The molecule has 2 heterocycles. The third-order valence-corrected chi connectivity index (χ3v) is 3.90. The van der Waals surface area contributed by atoms with E-state index in [0.717, 1.165) is 22.3 Å². The summed E-state index contributed by atoms with van der Waals surface area (Å²) in [4.78, 5) is 27.8. The van der Waals surface area contributed by atoms with Crippen molar-refractivity contribution in [3.63, 3.8) is 0 Å². The first kappa shape index (κ1) is 15.0. The molecule has 0 saturated carbocycles. The Hall–Kier alpha value is -2.95. The van der Waals surface area contributed by atoms with Gasteiger partial charge in [0.05, 0.1) is 5.52 Å². The van der Waals surface area contributed by atoms with Gasteiger partial charge in [0, 0.05) is 35.6 Å². The molecule has 0 atom stereocenters. The highest BCUT2D eigenvalue weighted by molar-refractivity contribution is 5.93. The fourth-order valence-electron chi connectivity index (χ4n) is 2.62. The molecule has 0 spiro atoms. The van der Waals surface area contributed by atoms with Gasteiger partial charge >= 0.3 is 5.97 Å². The van der Waals surface area contributed by atoms with E-state index in [1.807, 2.05) is 38.1 Å². The van der Waals surface area contributed by atoms with Crippen molar-refractivity contribution in [2.75, 3.05) is 0 Å². The van der Waals surface area contributed by atoms with Gasteiger partial charge in [-0.3, -0.25) is 9.78 Å². The van der Waals surface area contributed by atoms with Gasteiger partial charge in [-0.1, -0.05) is 12.1 Å². The molecule has 116 valence electrons. The minimum Gasteiger partial charge on any atom is -0.477 e. The van der Waals surface area contributed by atoms with Crippen molar-refractivity contribution in [3.05, 3.63) is 64.2 Å². The Bertz CT molecular complexity index is 956. The Labute approximate surface area is 132 Å². The van der Waals surface area contributed by atoms with Gasteiger partial charge in [-0.05, 0) is 37.6 Å². The largest absolute Gasteiger partial charge is 0.477 e. The lowest BCUT2D eigenvalue weighted by atomic mass is 10.0. The van der Waals surface area contributed by atoms with Crippen molar-refractivity contribution < 1.29 is 9.90 Å². The summed E-state index contributed by atoms with van der Waals surface area (Å²) in [5.74, 6) is -1.20. The van der Waals surface area contributed by atoms with Crippen LogP contribution in [0.3, 0.4) is 0 Å². The molecule has 23 heavy (non-hydrogen) atoms. The number of carbonyl (C=O) groups is 1. The molecule has 0 aliphatic rings. The van der Waals surface area contributed by atoms with E-state index < -0.39 is 11.4 Å². The fourth-order valence-corrected chi connectivity index (χ4v) is 2.62. The summed E-state index contributed by atoms with van der Waals surface area (Å²) in [7, 11) is 0. The summed E-state index contributed by atoms with van der Waals surface area (Å²) in [6.07, 6.45) is 3.20. The first-order chi connectivity index (χ1) is 11.0. The van der Waals surface area contributed by atoms with Crippen LogP contribution in [-0.4, -0.2) is 20.6 Å². The number of aromatic carboxylic acids is 1. The molecule has 0 radical (unpaired) electrons. The number of hydrogen-bond donors (Lipinski definition) is 1. The summed E-state index contributed by atoms with van der Waals surface area (Å²) < 4.78 is 1.78. The molecule has 0 saturated heterocycles. The van der Waals surface area contributed by atoms with E-state index in [1.165, 1.54) is 6.20 Å². The molecule has 0 fully saturated rings. The molecule has 5 nitrogen and oxygen atoms in total. The number of nitrogens with zero attached hydrogens (tertiary/aromatic N) is 2. The molecule has 3 rings (SSSR count). The number of rotatable bonds is 3. The zero-order valence-corrected chi connectivity index (χ0v) is 12.9. The van der Waals surface area contributed by atoms with Crippen LogP contribution in [0.15, 0.2) is 47.5 Å². The van der Waals surface area contributed by atoms with E-state index in [1.54, 1.807) is 16.8 Å². The minimum atomic E-state index is -1.20. The first-order valence-corrected chi connectivity index (χ1v) is 7.34. The van der Waals surface area contributed by atoms with Crippen molar-refractivity contribution in [2.45, 2.75) is 20.4 Å². The zero-order chi connectivity index (χ0) is 16.6. The van der Waals surface area contributed by atoms with Crippen molar-refractivity contribution >= 4 is 16.9 Å². The molecular formula is C18H16N2O3. The van der Waals surface area contributed by atoms with Crippen LogP contribution in [-0.2, 0) is 6.54 Å². The third kappa shape index (κ3) is 2.61. The van der Waals surface area contributed by atoms with Gasteiger partial charge in [0.1, 0.15) is 5.56 Å². The van der Waals surface area contributed by atoms with Crippen molar-refractivity contribution in [2.24, 2.45) is 0 Å². The molecule has 0 unspecified atom stereocenters. The smallest absolute Gasteiger partial charge is 0.341 e. The highest BCUT2D eigenvalue weighted by Crippen LogP contribution is 2.23. The number of carboxylic acids is 1. The second-order valence-corrected chi connectivity index (χ2v) is 5.38. The molecule has 0 amide bonds. The normalized spacial score (nSPS) is 10.9. The van der Waals surface area contributed by atoms with E-state index in [-0.39, 0.29) is 5.56 Å². The number of fused-ring (bicyclic) bond motifs is 1. The summed E-state index contributed by atoms with van der Waals surface area (Å²) in [6.45, 7) is 4.41. The minimum absolute atomic E-state index is 0.205. The number of carboxylic acid groups (broad SMARTS) is 1. The average molecular weight is 308 g/mol. The van der Waals surface area contributed by atoms with Crippen LogP contribution in [0.5, 0.6) is 0 Å². The van der Waals surface area contributed by atoms with Crippen molar-refractivity contribution in [1.29, 1.82) is 0 Å². The van der Waals surface area contributed by atoms with Crippen LogP contribution >= 0.6 is 0 Å². The quantitative estimate of drug-likeness (QED) is 0.807. The van der Waals surface area contributed by atoms with Gasteiger partial charge in [-0.2, -0.15) is 0 Å². The lowest BCUT2D eigenvalue weighted by Crippen LogP contribution is -2.18. The fraction of sp³-hybridized carbons (Fsp3) is 0.167. The highest BCUT2D eigenvalue weighted by atomic mass is 16.4. The third-order valence-electron chi connectivity index (χ3n) is 3.90. The molecular weight excluding hydrogens is 292 g/mol. The molecule has 2 aromatic heterocycles. The van der Waals surface area contributed by atoms with Gasteiger partial charge < -0.3 is 9.67 Å². The van der Waals surface area contributed by atoms with Crippen LogP contribution in [0.4, 0.5) is 0 Å². The van der Waals surface area contributed by atoms with E-state index in [2.05, 4.69) is 4.98 Å². The molecule has 0 aliphatic heterocycles. The van der Waals surface area contributed by atoms with E-state index in [0.29, 0.717) is 11.9 Å². The topological polar surface area (TPSA) is 72.2 Å². The van der Waals surface area contributed by atoms with Gasteiger partial charge in [0.2, 0.25) is 5.43 Å². The van der Waals surface area contributed by atoms with E-state index >= 15 is 0 Å². The SMILES string of the molecule is CCn1cc(C(=O)O)c(=O)c2ccc(-c3ccc(C)nc3)cc21. The van der Waals surface area contributed by atoms with Crippen molar-refractivity contribution in [3.8, 4) is 11.1 Å². The zero-order valence-electron chi connectivity index (χ0n) is 12.9. The Morgan fingerprint density at radius 2 is 1.96 bits per heavy atom. The van der Waals surface area contributed by atoms with Crippen LogP contribution in [0.2, 0.25) is 0 Å². The second kappa shape index (κ2) is 5.68. The maximum Gasteiger partial charge on any atom is 0.341 e. The summed E-state index contributed by atoms with van der Waals surface area (Å²) in [6, 6.07) is 9.31. The Balaban J connectivity index is 2.27. The number of pyridine rings is 2. The van der Waals surface area contributed by atoms with Crippen molar-refractivity contribution in [1.82, 2.24) is 9.55 Å². The standard InChI is InChI=1S/C18H16N2O3/c1-3-20-10-15(18(22)23)17(21)14-7-6-12(8-16(14)20)13-5-4-11(2)19-9-13/h4-10H,3H2,1-2H3,(H,22,23).